The topological polar surface area (TPSA) is 64.1 Å². The molecule has 0 aliphatic heterocycles. The van der Waals surface area contributed by atoms with E-state index in [1.807, 2.05) is 36.4 Å². The van der Waals surface area contributed by atoms with E-state index in [2.05, 4.69) is 15.3 Å². The third kappa shape index (κ3) is 3.23. The first-order valence-corrected chi connectivity index (χ1v) is 8.14. The highest BCUT2D eigenvalue weighted by Gasteiger charge is 2.15. The van der Waals surface area contributed by atoms with Crippen molar-refractivity contribution in [2.24, 2.45) is 0 Å². The molecular weight excluding hydrogens is 326 g/mol. The first-order chi connectivity index (χ1) is 12.8. The van der Waals surface area contributed by atoms with Gasteiger partial charge in [-0.25, -0.2) is 14.8 Å². The van der Waals surface area contributed by atoms with Crippen molar-refractivity contribution in [1.82, 2.24) is 9.97 Å². The molecular formula is C21H15N3O2. The lowest BCUT2D eigenvalue weighted by Crippen LogP contribution is -2.10. The minimum atomic E-state index is -0.419. The van der Waals surface area contributed by atoms with Gasteiger partial charge in [-0.1, -0.05) is 48.5 Å². The Bertz CT molecular complexity index is 1050. The highest BCUT2D eigenvalue weighted by atomic mass is 16.5. The lowest BCUT2D eigenvalue weighted by atomic mass is 10.1. The molecule has 0 saturated carbocycles. The van der Waals surface area contributed by atoms with Crippen LogP contribution in [0, 0.1) is 0 Å². The number of benzene rings is 3. The van der Waals surface area contributed by atoms with Gasteiger partial charge >= 0.3 is 5.97 Å². The van der Waals surface area contributed by atoms with E-state index in [4.69, 9.17) is 4.74 Å². The van der Waals surface area contributed by atoms with E-state index in [0.717, 1.165) is 10.8 Å². The molecule has 26 heavy (non-hydrogen) atoms. The van der Waals surface area contributed by atoms with E-state index in [1.54, 1.807) is 48.8 Å². The molecule has 0 amide bonds. The van der Waals surface area contributed by atoms with E-state index in [1.165, 1.54) is 0 Å². The molecule has 1 aromatic heterocycles. The number of carbonyl (C=O) groups is 1. The summed E-state index contributed by atoms with van der Waals surface area (Å²) in [6, 6.07) is 22.2. The first-order valence-electron chi connectivity index (χ1n) is 8.14. The van der Waals surface area contributed by atoms with Crippen molar-refractivity contribution in [3.05, 3.63) is 90.8 Å². The number of hydrogen-bond acceptors (Lipinski definition) is 5. The van der Waals surface area contributed by atoms with Gasteiger partial charge in [0.2, 0.25) is 5.95 Å². The summed E-state index contributed by atoms with van der Waals surface area (Å²) in [5, 5.41) is 5.11. The van der Waals surface area contributed by atoms with Gasteiger partial charge in [0.1, 0.15) is 0 Å². The van der Waals surface area contributed by atoms with Crippen LogP contribution in [-0.2, 0) is 0 Å². The van der Waals surface area contributed by atoms with Gasteiger partial charge < -0.3 is 10.1 Å². The monoisotopic (exact) mass is 341 g/mol. The SMILES string of the molecule is O=C(Oc1ccc2ccccc2c1Nc1ncccn1)c1ccccc1. The highest BCUT2D eigenvalue weighted by Crippen LogP contribution is 2.35. The summed E-state index contributed by atoms with van der Waals surface area (Å²) in [6.07, 6.45) is 3.30. The van der Waals surface area contributed by atoms with Gasteiger partial charge in [-0.15, -0.1) is 0 Å². The van der Waals surface area contributed by atoms with Crippen LogP contribution in [0.4, 0.5) is 11.6 Å². The Morgan fingerprint density at radius 3 is 2.35 bits per heavy atom. The molecule has 0 radical (unpaired) electrons. The zero-order valence-corrected chi connectivity index (χ0v) is 13.8. The van der Waals surface area contributed by atoms with Crippen LogP contribution in [0.25, 0.3) is 10.8 Å². The van der Waals surface area contributed by atoms with Crippen LogP contribution >= 0.6 is 0 Å². The van der Waals surface area contributed by atoms with Gasteiger partial charge in [0, 0.05) is 17.8 Å². The van der Waals surface area contributed by atoms with Crippen LogP contribution in [0.5, 0.6) is 5.75 Å². The van der Waals surface area contributed by atoms with Crippen LogP contribution in [0.3, 0.4) is 0 Å². The molecule has 3 aromatic carbocycles. The highest BCUT2D eigenvalue weighted by molar-refractivity contribution is 6.00. The Hall–Kier alpha value is -3.73. The number of ether oxygens (including phenoxy) is 1. The molecule has 0 unspecified atom stereocenters. The summed E-state index contributed by atoms with van der Waals surface area (Å²) in [4.78, 5) is 20.9. The van der Waals surface area contributed by atoms with Crippen LogP contribution in [-0.4, -0.2) is 15.9 Å². The third-order valence-electron chi connectivity index (χ3n) is 3.91. The maximum atomic E-state index is 12.5. The minimum absolute atomic E-state index is 0.419. The fourth-order valence-electron chi connectivity index (χ4n) is 2.67. The minimum Gasteiger partial charge on any atom is -0.421 e. The van der Waals surface area contributed by atoms with Crippen molar-refractivity contribution in [1.29, 1.82) is 0 Å². The molecule has 4 rings (SSSR count). The van der Waals surface area contributed by atoms with Crippen molar-refractivity contribution < 1.29 is 9.53 Å². The number of anilines is 2. The Morgan fingerprint density at radius 2 is 1.54 bits per heavy atom. The molecule has 0 spiro atoms. The molecule has 4 aromatic rings. The molecule has 1 N–H and O–H groups in total. The molecule has 5 nitrogen and oxygen atoms in total. The van der Waals surface area contributed by atoms with Gasteiger partial charge in [0.05, 0.1) is 11.3 Å². The first kappa shape index (κ1) is 15.8. The van der Waals surface area contributed by atoms with Gasteiger partial charge in [-0.3, -0.25) is 0 Å². The fraction of sp³-hybridized carbons (Fsp3) is 0. The predicted octanol–water partition coefficient (Wildman–Crippen LogP) is 4.59. The van der Waals surface area contributed by atoms with Crippen LogP contribution < -0.4 is 10.1 Å². The third-order valence-corrected chi connectivity index (χ3v) is 3.91. The van der Waals surface area contributed by atoms with E-state index in [0.29, 0.717) is 22.9 Å². The average molecular weight is 341 g/mol. The number of carbonyl (C=O) groups excluding carboxylic acids is 1. The van der Waals surface area contributed by atoms with Crippen molar-refractivity contribution >= 4 is 28.4 Å². The second-order valence-corrected chi connectivity index (χ2v) is 5.61. The number of nitrogens with one attached hydrogen (secondary N) is 1. The number of aromatic nitrogens is 2. The van der Waals surface area contributed by atoms with E-state index in [9.17, 15) is 4.79 Å². The van der Waals surface area contributed by atoms with Gasteiger partial charge in [-0.2, -0.15) is 0 Å². The van der Waals surface area contributed by atoms with Crippen LogP contribution in [0.15, 0.2) is 85.2 Å². The molecule has 0 bridgehead atoms. The fourth-order valence-corrected chi connectivity index (χ4v) is 2.67. The second kappa shape index (κ2) is 7.03. The normalized spacial score (nSPS) is 10.5. The number of esters is 1. The molecule has 0 fully saturated rings. The molecule has 126 valence electrons. The second-order valence-electron chi connectivity index (χ2n) is 5.61. The van der Waals surface area contributed by atoms with E-state index < -0.39 is 5.97 Å². The van der Waals surface area contributed by atoms with E-state index >= 15 is 0 Å². The van der Waals surface area contributed by atoms with E-state index in [-0.39, 0.29) is 0 Å². The van der Waals surface area contributed by atoms with Gasteiger partial charge in [0.15, 0.2) is 5.75 Å². The Morgan fingerprint density at radius 1 is 0.808 bits per heavy atom. The molecule has 0 atom stereocenters. The lowest BCUT2D eigenvalue weighted by Gasteiger charge is -2.14. The Kier molecular flexibility index (Phi) is 4.26. The van der Waals surface area contributed by atoms with Gasteiger partial charge in [0.25, 0.3) is 0 Å². The molecule has 1 heterocycles. The van der Waals surface area contributed by atoms with Crippen molar-refractivity contribution in [2.75, 3.05) is 5.32 Å². The Labute approximate surface area is 150 Å². The van der Waals surface area contributed by atoms with Crippen molar-refractivity contribution in [2.45, 2.75) is 0 Å². The summed E-state index contributed by atoms with van der Waals surface area (Å²) in [5.41, 5.74) is 1.14. The van der Waals surface area contributed by atoms with Crippen molar-refractivity contribution in [3.8, 4) is 5.75 Å². The number of rotatable bonds is 4. The number of hydrogen-bond donors (Lipinski definition) is 1. The molecule has 0 aliphatic carbocycles. The molecule has 5 heteroatoms. The van der Waals surface area contributed by atoms with Crippen LogP contribution in [0.1, 0.15) is 10.4 Å². The predicted molar refractivity (Wildman–Crippen MR) is 101 cm³/mol. The zero-order chi connectivity index (χ0) is 17.8. The maximum absolute atomic E-state index is 12.5. The summed E-state index contributed by atoms with van der Waals surface area (Å²) in [6.45, 7) is 0. The molecule has 0 aliphatic rings. The lowest BCUT2D eigenvalue weighted by molar-refractivity contribution is 0.0736. The number of fused-ring (bicyclic) bond motifs is 1. The standard InChI is InChI=1S/C21H15N3O2/c25-20(16-8-2-1-3-9-16)26-18-12-11-15-7-4-5-10-17(15)19(18)24-21-22-13-6-14-23-21/h1-14H,(H,22,23,24). The largest absolute Gasteiger partial charge is 0.421 e. The smallest absolute Gasteiger partial charge is 0.343 e. The quantitative estimate of drug-likeness (QED) is 0.434. The zero-order valence-electron chi connectivity index (χ0n) is 13.8. The molecule has 0 saturated heterocycles. The van der Waals surface area contributed by atoms with Crippen LogP contribution in [0.2, 0.25) is 0 Å². The summed E-state index contributed by atoms with van der Waals surface area (Å²) < 4.78 is 5.65. The van der Waals surface area contributed by atoms with Gasteiger partial charge in [-0.05, 0) is 29.7 Å². The average Bonchev–Trinajstić information content (AvgIpc) is 2.71. The summed E-state index contributed by atoms with van der Waals surface area (Å²) in [5.74, 6) is 0.434. The Balaban J connectivity index is 1.76. The summed E-state index contributed by atoms with van der Waals surface area (Å²) >= 11 is 0. The summed E-state index contributed by atoms with van der Waals surface area (Å²) in [7, 11) is 0. The maximum Gasteiger partial charge on any atom is 0.343 e. The van der Waals surface area contributed by atoms with Crippen molar-refractivity contribution in [3.63, 3.8) is 0 Å². The number of nitrogens with zero attached hydrogens (tertiary/aromatic N) is 2.